The Bertz CT molecular complexity index is 661. The number of carbonyl (C=O) groups excluding carboxylic acids is 1. The van der Waals surface area contributed by atoms with Gasteiger partial charge in [0, 0.05) is 10.8 Å². The Labute approximate surface area is 148 Å². The number of amides is 1. The summed E-state index contributed by atoms with van der Waals surface area (Å²) in [7, 11) is 0. The molecule has 1 aromatic heterocycles. The molecule has 1 amide bonds. The van der Waals surface area contributed by atoms with Gasteiger partial charge in [-0.3, -0.25) is 10.1 Å². The van der Waals surface area contributed by atoms with E-state index in [4.69, 9.17) is 16.3 Å². The fraction of sp³-hybridized carbons (Fsp3) is 0.267. The van der Waals surface area contributed by atoms with Crippen LogP contribution in [0.4, 0.5) is 5.13 Å². The third kappa shape index (κ3) is 5.53. The van der Waals surface area contributed by atoms with Crippen LogP contribution in [0.5, 0.6) is 5.75 Å². The molecular formula is C15H16ClN3O2S2. The second-order valence-corrected chi connectivity index (χ2v) is 7.11. The Morgan fingerprint density at radius 1 is 1.48 bits per heavy atom. The molecular weight excluding hydrogens is 354 g/mol. The number of aromatic nitrogens is 2. The van der Waals surface area contributed by atoms with Crippen molar-refractivity contribution in [2.24, 2.45) is 0 Å². The van der Waals surface area contributed by atoms with E-state index in [0.717, 1.165) is 10.1 Å². The predicted molar refractivity (Wildman–Crippen MR) is 95.6 cm³/mol. The SMILES string of the molecule is C=CCSc1nnc(NC(=O)[C@H](CC)Oc2ccc(Cl)cc2)s1. The minimum absolute atomic E-state index is 0.251. The van der Waals surface area contributed by atoms with Crippen molar-refractivity contribution in [2.75, 3.05) is 11.1 Å². The molecule has 0 saturated heterocycles. The Morgan fingerprint density at radius 3 is 2.87 bits per heavy atom. The van der Waals surface area contributed by atoms with Crippen molar-refractivity contribution in [3.8, 4) is 5.75 Å². The zero-order valence-electron chi connectivity index (χ0n) is 12.5. The maximum absolute atomic E-state index is 12.3. The van der Waals surface area contributed by atoms with Gasteiger partial charge in [0.1, 0.15) is 5.75 Å². The third-order valence-corrected chi connectivity index (χ3v) is 4.94. The van der Waals surface area contributed by atoms with E-state index in [1.807, 2.05) is 6.92 Å². The number of hydrogen-bond acceptors (Lipinski definition) is 6. The predicted octanol–water partition coefficient (Wildman–Crippen LogP) is 4.27. The molecule has 1 heterocycles. The van der Waals surface area contributed by atoms with Crippen LogP contribution in [0.1, 0.15) is 13.3 Å². The Hall–Kier alpha value is -1.57. The molecule has 5 nitrogen and oxygen atoms in total. The summed E-state index contributed by atoms with van der Waals surface area (Å²) in [5.74, 6) is 1.09. The lowest BCUT2D eigenvalue weighted by molar-refractivity contribution is -0.122. The van der Waals surface area contributed by atoms with Gasteiger partial charge in [0.25, 0.3) is 5.91 Å². The molecule has 0 aliphatic rings. The number of benzene rings is 1. The normalized spacial score (nSPS) is 11.7. The van der Waals surface area contributed by atoms with Gasteiger partial charge in [0.05, 0.1) is 0 Å². The van der Waals surface area contributed by atoms with E-state index in [0.29, 0.717) is 22.3 Å². The van der Waals surface area contributed by atoms with Gasteiger partial charge in [0.15, 0.2) is 10.4 Å². The lowest BCUT2D eigenvalue weighted by Crippen LogP contribution is -2.32. The van der Waals surface area contributed by atoms with Crippen LogP contribution in [0, 0.1) is 0 Å². The number of rotatable bonds is 8. The minimum atomic E-state index is -0.607. The number of thioether (sulfide) groups is 1. The molecule has 0 saturated carbocycles. The number of nitrogens with one attached hydrogen (secondary N) is 1. The second-order valence-electron chi connectivity index (χ2n) is 4.43. The topological polar surface area (TPSA) is 64.1 Å². The second kappa shape index (κ2) is 8.90. The maximum Gasteiger partial charge on any atom is 0.267 e. The molecule has 0 radical (unpaired) electrons. The van der Waals surface area contributed by atoms with Crippen molar-refractivity contribution in [3.63, 3.8) is 0 Å². The number of halogens is 1. The highest BCUT2D eigenvalue weighted by atomic mass is 35.5. The number of nitrogens with zero attached hydrogens (tertiary/aromatic N) is 2. The molecule has 1 N–H and O–H groups in total. The highest BCUT2D eigenvalue weighted by Crippen LogP contribution is 2.26. The number of ether oxygens (including phenoxy) is 1. The Balaban J connectivity index is 1.95. The molecule has 0 fully saturated rings. The van der Waals surface area contributed by atoms with Crippen molar-refractivity contribution >= 4 is 45.7 Å². The summed E-state index contributed by atoms with van der Waals surface area (Å²) < 4.78 is 6.48. The first-order valence-electron chi connectivity index (χ1n) is 6.92. The zero-order valence-corrected chi connectivity index (χ0v) is 14.9. The van der Waals surface area contributed by atoms with E-state index in [-0.39, 0.29) is 5.91 Å². The van der Waals surface area contributed by atoms with Gasteiger partial charge in [0.2, 0.25) is 5.13 Å². The monoisotopic (exact) mass is 369 g/mol. The lowest BCUT2D eigenvalue weighted by atomic mass is 10.2. The van der Waals surface area contributed by atoms with E-state index in [1.165, 1.54) is 23.1 Å². The molecule has 0 bridgehead atoms. The van der Waals surface area contributed by atoms with Crippen LogP contribution < -0.4 is 10.1 Å². The molecule has 0 aliphatic carbocycles. The fourth-order valence-electron chi connectivity index (χ4n) is 1.63. The van der Waals surface area contributed by atoms with Gasteiger partial charge in [-0.15, -0.1) is 16.8 Å². The zero-order chi connectivity index (χ0) is 16.7. The van der Waals surface area contributed by atoms with Crippen molar-refractivity contribution in [1.82, 2.24) is 10.2 Å². The molecule has 0 spiro atoms. The highest BCUT2D eigenvalue weighted by molar-refractivity contribution is 8.01. The van der Waals surface area contributed by atoms with Crippen LogP contribution in [-0.4, -0.2) is 28.0 Å². The molecule has 0 aliphatic heterocycles. The standard InChI is InChI=1S/C15H16ClN3O2S2/c1-3-9-22-15-19-18-14(23-15)17-13(20)12(4-2)21-11-7-5-10(16)6-8-11/h3,5-8,12H,1,4,9H2,2H3,(H,17,18,20)/t12-/m0/s1. The summed E-state index contributed by atoms with van der Waals surface area (Å²) in [6, 6.07) is 6.89. The largest absolute Gasteiger partial charge is 0.481 e. The number of hydrogen-bond donors (Lipinski definition) is 1. The van der Waals surface area contributed by atoms with Crippen molar-refractivity contribution in [1.29, 1.82) is 0 Å². The van der Waals surface area contributed by atoms with Crippen LogP contribution in [0.15, 0.2) is 41.3 Å². The molecule has 1 atom stereocenters. The van der Waals surface area contributed by atoms with Gasteiger partial charge >= 0.3 is 0 Å². The van der Waals surface area contributed by atoms with E-state index < -0.39 is 6.10 Å². The Kier molecular flexibility index (Phi) is 6.88. The van der Waals surface area contributed by atoms with Crippen LogP contribution in [0.2, 0.25) is 5.02 Å². The molecule has 0 unspecified atom stereocenters. The summed E-state index contributed by atoms with van der Waals surface area (Å²) in [4.78, 5) is 12.3. The van der Waals surface area contributed by atoms with Crippen molar-refractivity contribution < 1.29 is 9.53 Å². The smallest absolute Gasteiger partial charge is 0.267 e. The lowest BCUT2D eigenvalue weighted by Gasteiger charge is -2.16. The van der Waals surface area contributed by atoms with E-state index >= 15 is 0 Å². The van der Waals surface area contributed by atoms with E-state index in [9.17, 15) is 4.79 Å². The molecule has 2 rings (SSSR count). The van der Waals surface area contributed by atoms with Gasteiger partial charge in [-0.25, -0.2) is 0 Å². The minimum Gasteiger partial charge on any atom is -0.481 e. The molecule has 1 aromatic carbocycles. The van der Waals surface area contributed by atoms with Crippen molar-refractivity contribution in [3.05, 3.63) is 41.9 Å². The summed E-state index contributed by atoms with van der Waals surface area (Å²) in [6.07, 6.45) is 1.72. The summed E-state index contributed by atoms with van der Waals surface area (Å²) >= 11 is 8.68. The first kappa shape index (κ1) is 17.8. The first-order valence-corrected chi connectivity index (χ1v) is 9.10. The third-order valence-electron chi connectivity index (χ3n) is 2.72. The van der Waals surface area contributed by atoms with Gasteiger partial charge in [-0.2, -0.15) is 0 Å². The number of carbonyl (C=O) groups is 1. The molecule has 23 heavy (non-hydrogen) atoms. The van der Waals surface area contributed by atoms with Crippen LogP contribution in [-0.2, 0) is 4.79 Å². The van der Waals surface area contributed by atoms with Crippen LogP contribution >= 0.6 is 34.7 Å². The van der Waals surface area contributed by atoms with Gasteiger partial charge in [-0.05, 0) is 30.7 Å². The average molecular weight is 370 g/mol. The maximum atomic E-state index is 12.3. The Morgan fingerprint density at radius 2 is 2.22 bits per heavy atom. The fourth-order valence-corrected chi connectivity index (χ4v) is 3.28. The molecule has 8 heteroatoms. The first-order chi connectivity index (χ1) is 11.1. The van der Waals surface area contributed by atoms with Crippen LogP contribution in [0.3, 0.4) is 0 Å². The van der Waals surface area contributed by atoms with Crippen molar-refractivity contribution in [2.45, 2.75) is 23.8 Å². The van der Waals surface area contributed by atoms with E-state index in [2.05, 4.69) is 22.1 Å². The van der Waals surface area contributed by atoms with Crippen LogP contribution in [0.25, 0.3) is 0 Å². The summed E-state index contributed by atoms with van der Waals surface area (Å²) in [6.45, 7) is 5.53. The number of anilines is 1. The molecule has 122 valence electrons. The summed E-state index contributed by atoms with van der Waals surface area (Å²) in [5.41, 5.74) is 0. The van der Waals surface area contributed by atoms with Gasteiger partial charge in [-0.1, -0.05) is 47.7 Å². The van der Waals surface area contributed by atoms with E-state index in [1.54, 1.807) is 30.3 Å². The van der Waals surface area contributed by atoms with Gasteiger partial charge < -0.3 is 4.74 Å². The summed E-state index contributed by atoms with van der Waals surface area (Å²) in [5, 5.41) is 11.8. The highest BCUT2D eigenvalue weighted by Gasteiger charge is 2.20. The molecule has 2 aromatic rings. The quantitative estimate of drug-likeness (QED) is 0.427. The average Bonchev–Trinajstić information content (AvgIpc) is 2.99.